The van der Waals surface area contributed by atoms with Gasteiger partial charge in [0.25, 0.3) is 0 Å². The molecule has 1 amide bonds. The molecule has 0 spiro atoms. The molecule has 0 saturated heterocycles. The normalized spacial score (nSPS) is 13.0. The topological polar surface area (TPSA) is 69.0 Å². The van der Waals surface area contributed by atoms with Gasteiger partial charge in [-0.15, -0.1) is 10.2 Å². The summed E-state index contributed by atoms with van der Waals surface area (Å²) in [4.78, 5) is 12.4. The Bertz CT molecular complexity index is 1120. The number of benzene rings is 2. The van der Waals surface area contributed by atoms with Crippen LogP contribution in [0.15, 0.2) is 35.5 Å². The lowest BCUT2D eigenvalue weighted by molar-refractivity contribution is -0.113. The Morgan fingerprint density at radius 1 is 1.09 bits per heavy atom. The van der Waals surface area contributed by atoms with Gasteiger partial charge in [-0.2, -0.15) is 0 Å². The number of nitrogens with one attached hydrogen (secondary N) is 1. The van der Waals surface area contributed by atoms with Gasteiger partial charge in [0.2, 0.25) is 5.91 Å². The maximum atomic E-state index is 12.4. The SMILES string of the molecule is Cc1cc(C)cc(NC(=O)CSc2nnc(COc3ccc4c(c3C)CCCC4)n2C)c1. The van der Waals surface area contributed by atoms with Crippen LogP contribution in [0.2, 0.25) is 0 Å². The van der Waals surface area contributed by atoms with Crippen LogP contribution in [0.5, 0.6) is 5.75 Å². The zero-order valence-electron chi connectivity index (χ0n) is 19.2. The van der Waals surface area contributed by atoms with Crippen molar-refractivity contribution in [3.8, 4) is 5.75 Å². The summed E-state index contributed by atoms with van der Waals surface area (Å²) in [5.41, 5.74) is 7.21. The number of ether oxygens (including phenoxy) is 1. The summed E-state index contributed by atoms with van der Waals surface area (Å²) in [6.07, 6.45) is 4.82. The number of thioether (sulfide) groups is 1. The van der Waals surface area contributed by atoms with E-state index in [1.807, 2.05) is 37.6 Å². The largest absolute Gasteiger partial charge is 0.485 e. The second-order valence-electron chi connectivity index (χ2n) is 8.49. The van der Waals surface area contributed by atoms with Crippen LogP contribution in [0.3, 0.4) is 0 Å². The molecular formula is C25H30N4O2S. The first-order valence-corrected chi connectivity index (χ1v) is 12.0. The van der Waals surface area contributed by atoms with Crippen LogP contribution >= 0.6 is 11.8 Å². The molecule has 0 unspecified atom stereocenters. The highest BCUT2D eigenvalue weighted by atomic mass is 32.2. The van der Waals surface area contributed by atoms with Gasteiger partial charge in [-0.05, 0) is 92.5 Å². The van der Waals surface area contributed by atoms with Crippen molar-refractivity contribution in [2.45, 2.75) is 58.2 Å². The predicted octanol–water partition coefficient (Wildman–Crippen LogP) is 4.93. The molecule has 1 aliphatic carbocycles. The molecule has 0 atom stereocenters. The van der Waals surface area contributed by atoms with Crippen molar-refractivity contribution in [3.05, 3.63) is 64.0 Å². The molecule has 0 fully saturated rings. The maximum absolute atomic E-state index is 12.4. The number of amides is 1. The van der Waals surface area contributed by atoms with Crippen LogP contribution in [0.1, 0.15) is 46.5 Å². The van der Waals surface area contributed by atoms with Gasteiger partial charge < -0.3 is 14.6 Å². The first kappa shape index (κ1) is 22.4. The van der Waals surface area contributed by atoms with E-state index < -0.39 is 0 Å². The van der Waals surface area contributed by atoms with Crippen molar-refractivity contribution in [1.29, 1.82) is 0 Å². The molecule has 1 aliphatic rings. The molecule has 32 heavy (non-hydrogen) atoms. The fourth-order valence-corrected chi connectivity index (χ4v) is 4.99. The standard InChI is InChI=1S/C25H30N4O2S/c1-16-11-17(2)13-20(12-16)26-24(30)15-32-25-28-27-23(29(25)4)14-31-22-10-9-19-7-5-6-8-21(19)18(22)3/h9-13H,5-8,14-15H2,1-4H3,(H,26,30). The Hall–Kier alpha value is -2.80. The van der Waals surface area contributed by atoms with Gasteiger partial charge in [0.15, 0.2) is 11.0 Å². The molecule has 0 bridgehead atoms. The molecule has 1 aromatic heterocycles. The van der Waals surface area contributed by atoms with Crippen molar-refractivity contribution in [2.24, 2.45) is 7.05 Å². The summed E-state index contributed by atoms with van der Waals surface area (Å²) in [6.45, 7) is 6.53. The van der Waals surface area contributed by atoms with Gasteiger partial charge in [-0.3, -0.25) is 4.79 Å². The van der Waals surface area contributed by atoms with Gasteiger partial charge in [-0.1, -0.05) is 23.9 Å². The number of aromatic nitrogens is 3. The number of hydrogen-bond donors (Lipinski definition) is 1. The Morgan fingerprint density at radius 3 is 2.62 bits per heavy atom. The third-order valence-corrected chi connectivity index (χ3v) is 6.91. The van der Waals surface area contributed by atoms with E-state index in [1.165, 1.54) is 41.3 Å². The second-order valence-corrected chi connectivity index (χ2v) is 9.44. The van der Waals surface area contributed by atoms with Crippen LogP contribution in [-0.2, 0) is 31.3 Å². The number of anilines is 1. The van der Waals surface area contributed by atoms with Gasteiger partial charge in [0.05, 0.1) is 5.75 Å². The number of aryl methyl sites for hydroxylation is 3. The molecule has 2 aromatic carbocycles. The molecular weight excluding hydrogens is 420 g/mol. The highest BCUT2D eigenvalue weighted by Gasteiger charge is 2.16. The smallest absolute Gasteiger partial charge is 0.234 e. The molecule has 1 heterocycles. The third-order valence-electron chi connectivity index (χ3n) is 5.89. The first-order chi connectivity index (χ1) is 15.4. The highest BCUT2D eigenvalue weighted by molar-refractivity contribution is 7.99. The maximum Gasteiger partial charge on any atom is 0.234 e. The van der Waals surface area contributed by atoms with Crippen LogP contribution in [0.4, 0.5) is 5.69 Å². The first-order valence-electron chi connectivity index (χ1n) is 11.0. The lowest BCUT2D eigenvalue weighted by atomic mass is 9.88. The van der Waals surface area contributed by atoms with E-state index in [2.05, 4.69) is 40.6 Å². The van der Waals surface area contributed by atoms with Crippen molar-refractivity contribution in [3.63, 3.8) is 0 Å². The second kappa shape index (κ2) is 9.77. The molecule has 4 rings (SSSR count). The van der Waals surface area contributed by atoms with Crippen molar-refractivity contribution in [1.82, 2.24) is 14.8 Å². The van der Waals surface area contributed by atoms with Crippen LogP contribution < -0.4 is 10.1 Å². The molecule has 1 N–H and O–H groups in total. The highest BCUT2D eigenvalue weighted by Crippen LogP contribution is 2.31. The quantitative estimate of drug-likeness (QED) is 0.517. The van der Waals surface area contributed by atoms with Crippen molar-refractivity contribution >= 4 is 23.4 Å². The Morgan fingerprint density at radius 2 is 1.84 bits per heavy atom. The minimum atomic E-state index is -0.0644. The Balaban J connectivity index is 1.34. The number of nitrogens with zero attached hydrogens (tertiary/aromatic N) is 3. The number of carbonyl (C=O) groups is 1. The summed E-state index contributed by atoms with van der Waals surface area (Å²) in [5.74, 6) is 1.85. The van der Waals surface area contributed by atoms with Crippen LogP contribution in [0.25, 0.3) is 0 Å². The van der Waals surface area contributed by atoms with E-state index in [9.17, 15) is 4.79 Å². The van der Waals surface area contributed by atoms with Crippen molar-refractivity contribution in [2.75, 3.05) is 11.1 Å². The summed E-state index contributed by atoms with van der Waals surface area (Å²) >= 11 is 1.37. The number of hydrogen-bond acceptors (Lipinski definition) is 5. The number of fused-ring (bicyclic) bond motifs is 1. The lowest BCUT2D eigenvalue weighted by Crippen LogP contribution is -2.15. The van der Waals surface area contributed by atoms with Crippen LogP contribution in [-0.4, -0.2) is 26.4 Å². The van der Waals surface area contributed by atoms with E-state index in [0.29, 0.717) is 11.8 Å². The monoisotopic (exact) mass is 450 g/mol. The van der Waals surface area contributed by atoms with Gasteiger partial charge in [0.1, 0.15) is 12.4 Å². The van der Waals surface area contributed by atoms with Gasteiger partial charge >= 0.3 is 0 Å². The zero-order valence-corrected chi connectivity index (χ0v) is 20.0. The molecule has 0 aliphatic heterocycles. The summed E-state index contributed by atoms with van der Waals surface area (Å²) in [7, 11) is 1.91. The van der Waals surface area contributed by atoms with Gasteiger partial charge in [-0.25, -0.2) is 0 Å². The van der Waals surface area contributed by atoms with E-state index in [4.69, 9.17) is 4.74 Å². The minimum absolute atomic E-state index is 0.0644. The van der Waals surface area contributed by atoms with Gasteiger partial charge in [0, 0.05) is 12.7 Å². The van der Waals surface area contributed by atoms with E-state index in [0.717, 1.165) is 41.2 Å². The molecule has 3 aromatic rings. The minimum Gasteiger partial charge on any atom is -0.485 e. The fraction of sp³-hybridized carbons (Fsp3) is 0.400. The van der Waals surface area contributed by atoms with E-state index >= 15 is 0 Å². The fourth-order valence-electron chi connectivity index (χ4n) is 4.26. The van der Waals surface area contributed by atoms with E-state index in [-0.39, 0.29) is 11.7 Å². The number of carbonyl (C=O) groups excluding carboxylic acids is 1. The number of rotatable bonds is 7. The van der Waals surface area contributed by atoms with E-state index in [1.54, 1.807) is 0 Å². The Labute approximate surface area is 193 Å². The average Bonchev–Trinajstić information content (AvgIpc) is 3.11. The zero-order chi connectivity index (χ0) is 22.7. The molecule has 0 saturated carbocycles. The lowest BCUT2D eigenvalue weighted by Gasteiger charge is -2.20. The van der Waals surface area contributed by atoms with Crippen LogP contribution in [0, 0.1) is 20.8 Å². The Kier molecular flexibility index (Phi) is 6.84. The molecule has 0 radical (unpaired) electrons. The summed E-state index contributed by atoms with van der Waals surface area (Å²) < 4.78 is 7.99. The summed E-state index contributed by atoms with van der Waals surface area (Å²) in [5, 5.41) is 12.2. The van der Waals surface area contributed by atoms with Crippen molar-refractivity contribution < 1.29 is 9.53 Å². The average molecular weight is 451 g/mol. The molecule has 6 nitrogen and oxygen atoms in total. The summed E-state index contributed by atoms with van der Waals surface area (Å²) in [6, 6.07) is 10.3. The predicted molar refractivity (Wildman–Crippen MR) is 128 cm³/mol. The molecule has 168 valence electrons. The molecule has 7 heteroatoms. The third kappa shape index (κ3) is 5.15.